The van der Waals surface area contributed by atoms with Crippen molar-refractivity contribution in [2.24, 2.45) is 23.7 Å². The maximum absolute atomic E-state index is 13.2. The second-order valence-electron chi connectivity index (χ2n) is 11.2. The fraction of sp³-hybridized carbons (Fsp3) is 0.719. The summed E-state index contributed by atoms with van der Waals surface area (Å²) in [6.07, 6.45) is 9.90. The van der Waals surface area contributed by atoms with Crippen molar-refractivity contribution in [2.75, 3.05) is 0 Å². The summed E-state index contributed by atoms with van der Waals surface area (Å²) in [4.78, 5) is 37.4. The second-order valence-corrected chi connectivity index (χ2v) is 11.2. The largest absolute Gasteiger partial charge is 0.300 e. The fourth-order valence-corrected chi connectivity index (χ4v) is 5.74. The Morgan fingerprint density at radius 3 is 2.23 bits per heavy atom. The third-order valence-electron chi connectivity index (χ3n) is 7.29. The molecule has 1 aromatic carbocycles. The van der Waals surface area contributed by atoms with Crippen molar-refractivity contribution in [1.29, 1.82) is 0 Å². The van der Waals surface area contributed by atoms with Gasteiger partial charge >= 0.3 is 0 Å². The first kappa shape index (κ1) is 31.3. The van der Waals surface area contributed by atoms with Crippen LogP contribution in [0.5, 0.6) is 0 Å². The molecule has 35 heavy (non-hydrogen) atoms. The number of rotatable bonds is 13. The maximum Gasteiger partial charge on any atom is 0.163 e. The second kappa shape index (κ2) is 16.1. The van der Waals surface area contributed by atoms with E-state index in [1.165, 1.54) is 42.9 Å². The minimum absolute atomic E-state index is 0.0456. The Labute approximate surface area is 215 Å². The number of fused-ring (bicyclic) bond motifs is 1. The normalized spacial score (nSPS) is 16.8. The highest BCUT2D eigenvalue weighted by molar-refractivity contribution is 6.00. The highest BCUT2D eigenvalue weighted by Gasteiger charge is 2.33. The molecule has 0 N–H and O–H groups in total. The third kappa shape index (κ3) is 10.0. The van der Waals surface area contributed by atoms with Gasteiger partial charge in [-0.25, -0.2) is 0 Å². The van der Waals surface area contributed by atoms with Crippen LogP contribution in [0.2, 0.25) is 0 Å². The van der Waals surface area contributed by atoms with Crippen molar-refractivity contribution >= 4 is 17.3 Å². The molecule has 0 spiro atoms. The summed E-state index contributed by atoms with van der Waals surface area (Å²) in [6, 6.07) is 4.42. The summed E-state index contributed by atoms with van der Waals surface area (Å²) >= 11 is 0. The van der Waals surface area contributed by atoms with E-state index in [4.69, 9.17) is 0 Å². The van der Waals surface area contributed by atoms with E-state index in [1.54, 1.807) is 0 Å². The van der Waals surface area contributed by atoms with E-state index in [0.29, 0.717) is 12.3 Å². The molecule has 1 aliphatic carbocycles. The quantitative estimate of drug-likeness (QED) is 0.264. The lowest BCUT2D eigenvalue weighted by Gasteiger charge is -2.32. The van der Waals surface area contributed by atoms with E-state index in [0.717, 1.165) is 44.1 Å². The predicted molar refractivity (Wildman–Crippen MR) is 148 cm³/mol. The van der Waals surface area contributed by atoms with Gasteiger partial charge in [0.15, 0.2) is 5.78 Å². The molecular formula is C32H52O3. The van der Waals surface area contributed by atoms with Crippen molar-refractivity contribution < 1.29 is 14.4 Å². The van der Waals surface area contributed by atoms with Crippen LogP contribution >= 0.6 is 0 Å². The van der Waals surface area contributed by atoms with Crippen LogP contribution in [0.1, 0.15) is 133 Å². The van der Waals surface area contributed by atoms with Crippen LogP contribution in [-0.2, 0) is 22.4 Å². The molecule has 0 aromatic heterocycles. The molecule has 3 nitrogen and oxygen atoms in total. The Hall–Kier alpha value is -1.77. The van der Waals surface area contributed by atoms with Crippen LogP contribution in [0.3, 0.4) is 0 Å². The van der Waals surface area contributed by atoms with E-state index in [9.17, 15) is 14.4 Å². The summed E-state index contributed by atoms with van der Waals surface area (Å²) in [7, 11) is 0. The standard InChI is InChI=1S/C29H44O3.C3H8/c1-7-10-24(26(8-2)27(31)15-20(5)30)16-22-17-25-14-13-23(12-9-11-19(3)4)21(6)29(25)28(32)18-22;1-3-2/h13-14,19,22,24,26H,7-12,15-18H2,1-6H3;3H2,1-2H3. The molecule has 0 saturated heterocycles. The van der Waals surface area contributed by atoms with Gasteiger partial charge in [0.2, 0.25) is 0 Å². The molecule has 0 amide bonds. The lowest BCUT2D eigenvalue weighted by molar-refractivity contribution is -0.129. The van der Waals surface area contributed by atoms with Gasteiger partial charge in [-0.15, -0.1) is 0 Å². The fourth-order valence-electron chi connectivity index (χ4n) is 5.74. The molecule has 3 heteroatoms. The lowest BCUT2D eigenvalue weighted by Crippen LogP contribution is -2.30. The topological polar surface area (TPSA) is 51.2 Å². The van der Waals surface area contributed by atoms with Gasteiger partial charge in [-0.1, -0.05) is 79.4 Å². The number of aryl methyl sites for hydroxylation is 1. The Morgan fingerprint density at radius 2 is 1.69 bits per heavy atom. The van der Waals surface area contributed by atoms with Gasteiger partial charge < -0.3 is 0 Å². The van der Waals surface area contributed by atoms with Crippen LogP contribution in [0, 0.1) is 30.6 Å². The molecule has 0 fully saturated rings. The number of hydrogen-bond acceptors (Lipinski definition) is 3. The van der Waals surface area contributed by atoms with E-state index in [2.05, 4.69) is 60.6 Å². The first-order chi connectivity index (χ1) is 16.6. The number of carbonyl (C=O) groups excluding carboxylic acids is 3. The molecule has 0 radical (unpaired) electrons. The van der Waals surface area contributed by atoms with Gasteiger partial charge in [-0.05, 0) is 80.4 Å². The monoisotopic (exact) mass is 484 g/mol. The summed E-state index contributed by atoms with van der Waals surface area (Å²) in [6.45, 7) is 16.6. The van der Waals surface area contributed by atoms with E-state index < -0.39 is 0 Å². The third-order valence-corrected chi connectivity index (χ3v) is 7.29. The number of carbonyl (C=O) groups is 3. The molecule has 3 unspecified atom stereocenters. The molecule has 1 aliphatic rings. The summed E-state index contributed by atoms with van der Waals surface area (Å²) in [5.41, 5.74) is 4.66. The molecule has 0 aliphatic heterocycles. The van der Waals surface area contributed by atoms with Gasteiger partial charge in [0.1, 0.15) is 11.6 Å². The zero-order valence-electron chi connectivity index (χ0n) is 24.0. The van der Waals surface area contributed by atoms with Crippen molar-refractivity contribution in [3.05, 3.63) is 34.4 Å². The maximum atomic E-state index is 13.2. The average Bonchev–Trinajstić information content (AvgIpc) is 2.75. The first-order valence-corrected chi connectivity index (χ1v) is 14.3. The first-order valence-electron chi connectivity index (χ1n) is 14.3. The highest BCUT2D eigenvalue weighted by Crippen LogP contribution is 2.37. The van der Waals surface area contributed by atoms with Crippen molar-refractivity contribution in [2.45, 2.75) is 126 Å². The van der Waals surface area contributed by atoms with E-state index >= 15 is 0 Å². The Bertz CT molecular complexity index is 820. The van der Waals surface area contributed by atoms with Crippen LogP contribution in [-0.4, -0.2) is 17.3 Å². The van der Waals surface area contributed by atoms with Gasteiger partial charge in [0.05, 0.1) is 6.42 Å². The Kier molecular flexibility index (Phi) is 14.4. The molecule has 3 atom stereocenters. The molecule has 1 aromatic rings. The Balaban J connectivity index is 0.00000194. The molecule has 0 saturated carbocycles. The van der Waals surface area contributed by atoms with E-state index in [-0.39, 0.29) is 41.5 Å². The van der Waals surface area contributed by atoms with E-state index in [1.807, 2.05) is 0 Å². The molecular weight excluding hydrogens is 432 g/mol. The van der Waals surface area contributed by atoms with Crippen molar-refractivity contribution in [3.8, 4) is 0 Å². The lowest BCUT2D eigenvalue weighted by atomic mass is 9.72. The van der Waals surface area contributed by atoms with Gasteiger partial charge in [-0.2, -0.15) is 0 Å². The smallest absolute Gasteiger partial charge is 0.163 e. The SMILES string of the molecule is CCC.CCCC(CC1CC(=O)c2c(ccc(CCCC(C)C)c2C)C1)C(CC)C(=O)CC(C)=O. The van der Waals surface area contributed by atoms with Gasteiger partial charge in [-0.3, -0.25) is 14.4 Å². The summed E-state index contributed by atoms with van der Waals surface area (Å²) < 4.78 is 0. The van der Waals surface area contributed by atoms with Gasteiger partial charge in [0.25, 0.3) is 0 Å². The van der Waals surface area contributed by atoms with Crippen LogP contribution in [0.15, 0.2) is 12.1 Å². The van der Waals surface area contributed by atoms with Crippen molar-refractivity contribution in [3.63, 3.8) is 0 Å². The number of hydrogen-bond donors (Lipinski definition) is 0. The summed E-state index contributed by atoms with van der Waals surface area (Å²) in [5.74, 6) is 1.50. The number of benzene rings is 1. The average molecular weight is 485 g/mol. The predicted octanol–water partition coefficient (Wildman–Crippen LogP) is 8.52. The van der Waals surface area contributed by atoms with Crippen LogP contribution in [0.25, 0.3) is 0 Å². The zero-order chi connectivity index (χ0) is 26.5. The minimum atomic E-state index is -0.0691. The minimum Gasteiger partial charge on any atom is -0.300 e. The molecule has 0 bridgehead atoms. The molecule has 0 heterocycles. The van der Waals surface area contributed by atoms with Gasteiger partial charge in [0, 0.05) is 17.9 Å². The summed E-state index contributed by atoms with van der Waals surface area (Å²) in [5, 5.41) is 0. The van der Waals surface area contributed by atoms with Crippen molar-refractivity contribution in [1.82, 2.24) is 0 Å². The zero-order valence-corrected chi connectivity index (χ0v) is 24.0. The van der Waals surface area contributed by atoms with Crippen LogP contribution in [0.4, 0.5) is 0 Å². The number of ketones is 3. The molecule has 198 valence electrons. The Morgan fingerprint density at radius 1 is 1.03 bits per heavy atom. The van der Waals surface area contributed by atoms with Crippen LogP contribution < -0.4 is 0 Å². The number of Topliss-reactive ketones (excluding diaryl/α,β-unsaturated/α-hetero) is 3. The highest BCUT2D eigenvalue weighted by atomic mass is 16.1. The molecule has 2 rings (SSSR count).